The van der Waals surface area contributed by atoms with E-state index in [0.717, 1.165) is 30.1 Å². The molecule has 1 aliphatic heterocycles. The highest BCUT2D eigenvalue weighted by molar-refractivity contribution is 7.15. The summed E-state index contributed by atoms with van der Waals surface area (Å²) in [5, 5.41) is 10.4. The van der Waals surface area contributed by atoms with Crippen molar-refractivity contribution in [2.75, 3.05) is 13.1 Å². The second-order valence-electron chi connectivity index (χ2n) is 9.79. The Hall–Kier alpha value is -2.20. The number of rotatable bonds is 8. The number of nitrogens with zero attached hydrogens (tertiary/aromatic N) is 3. The lowest BCUT2D eigenvalue weighted by Gasteiger charge is -2.48. The molecule has 1 N–H and O–H groups in total. The van der Waals surface area contributed by atoms with Gasteiger partial charge in [0.05, 0.1) is 17.2 Å². The highest BCUT2D eigenvalue weighted by atomic mass is 32.1. The van der Waals surface area contributed by atoms with Gasteiger partial charge in [-0.2, -0.15) is 8.78 Å². The number of thiazole rings is 1. The highest BCUT2D eigenvalue weighted by Gasteiger charge is 2.47. The van der Waals surface area contributed by atoms with E-state index in [9.17, 15) is 23.1 Å². The molecule has 0 spiro atoms. The molecule has 2 aromatic heterocycles. The van der Waals surface area contributed by atoms with Crippen LogP contribution in [0.5, 0.6) is 5.88 Å². The zero-order valence-electron chi connectivity index (χ0n) is 19.3. The zero-order valence-corrected chi connectivity index (χ0v) is 20.1. The Bertz CT molecular complexity index is 979. The summed E-state index contributed by atoms with van der Waals surface area (Å²) in [4.78, 5) is 23.2. The predicted octanol–water partition coefficient (Wildman–Crippen LogP) is 5.68. The van der Waals surface area contributed by atoms with Crippen molar-refractivity contribution in [1.29, 1.82) is 0 Å². The lowest BCUT2D eigenvalue weighted by molar-refractivity contribution is -0.156. The van der Waals surface area contributed by atoms with Gasteiger partial charge >= 0.3 is 12.6 Å². The molecule has 1 fully saturated rings. The second-order valence-corrected chi connectivity index (χ2v) is 10.9. The van der Waals surface area contributed by atoms with Crippen LogP contribution < -0.4 is 4.74 Å². The molecule has 0 aromatic carbocycles. The summed E-state index contributed by atoms with van der Waals surface area (Å²) in [6, 6.07) is 1.07. The van der Waals surface area contributed by atoms with Crippen LogP contribution in [0.2, 0.25) is 0 Å². The number of ether oxygens (including phenoxy) is 1. The first-order valence-corrected chi connectivity index (χ1v) is 11.8. The van der Waals surface area contributed by atoms with Crippen LogP contribution in [0.25, 0.3) is 10.6 Å². The Balaban J connectivity index is 1.87. The Morgan fingerprint density at radius 3 is 2.70 bits per heavy atom. The molecule has 2 atom stereocenters. The summed E-state index contributed by atoms with van der Waals surface area (Å²) in [5.74, 6) is -1.64. The molecule has 182 valence electrons. The van der Waals surface area contributed by atoms with E-state index in [1.54, 1.807) is 6.20 Å². The van der Waals surface area contributed by atoms with E-state index in [4.69, 9.17) is 0 Å². The van der Waals surface area contributed by atoms with Gasteiger partial charge in [-0.25, -0.2) is 14.4 Å². The van der Waals surface area contributed by atoms with Gasteiger partial charge in [0.15, 0.2) is 0 Å². The molecule has 0 saturated carbocycles. The zero-order chi connectivity index (χ0) is 24.4. The molecule has 0 radical (unpaired) electrons. The second kappa shape index (κ2) is 9.97. The Morgan fingerprint density at radius 1 is 1.36 bits per heavy atom. The summed E-state index contributed by atoms with van der Waals surface area (Å²) in [5.41, 5.74) is -0.812. The maximum Gasteiger partial charge on any atom is 0.388 e. The first kappa shape index (κ1) is 25.4. The first-order chi connectivity index (χ1) is 15.4. The molecular formula is C23H30F3N3O3S. The number of likely N-dealkylation sites (tertiary alicyclic amines) is 1. The molecule has 0 unspecified atom stereocenters. The molecule has 1 aliphatic rings. The van der Waals surface area contributed by atoms with Crippen LogP contribution in [0, 0.1) is 22.6 Å². The third-order valence-corrected chi connectivity index (χ3v) is 7.25. The van der Waals surface area contributed by atoms with Crippen molar-refractivity contribution in [3.63, 3.8) is 0 Å². The van der Waals surface area contributed by atoms with E-state index in [1.807, 2.05) is 6.92 Å². The van der Waals surface area contributed by atoms with Crippen LogP contribution in [-0.4, -0.2) is 45.6 Å². The average molecular weight is 486 g/mol. The number of carboxylic acids is 1. The van der Waals surface area contributed by atoms with Crippen molar-refractivity contribution >= 4 is 17.3 Å². The van der Waals surface area contributed by atoms with E-state index in [0.29, 0.717) is 30.9 Å². The van der Waals surface area contributed by atoms with Crippen LogP contribution >= 0.6 is 11.3 Å². The third kappa shape index (κ3) is 6.03. The van der Waals surface area contributed by atoms with Gasteiger partial charge in [-0.1, -0.05) is 34.1 Å². The predicted molar refractivity (Wildman–Crippen MR) is 120 cm³/mol. The number of carbonyl (C=O) groups is 1. The SMILES string of the molecule is CCC[C@@]1(C(=O)O)C[C@@H](C(C)(C)C)CN(Cc2cnc(-c3cc(F)cnc3OC(F)F)s2)C1. The number of piperidine rings is 1. The number of halogens is 3. The Kier molecular flexibility index (Phi) is 7.68. The number of pyridine rings is 1. The maximum atomic E-state index is 13.7. The fourth-order valence-corrected chi connectivity index (χ4v) is 5.47. The van der Waals surface area contributed by atoms with E-state index < -0.39 is 23.8 Å². The minimum absolute atomic E-state index is 0.0548. The average Bonchev–Trinajstić information content (AvgIpc) is 3.16. The summed E-state index contributed by atoms with van der Waals surface area (Å²) < 4.78 is 43.6. The van der Waals surface area contributed by atoms with Crippen LogP contribution in [0.1, 0.15) is 51.8 Å². The molecule has 3 heterocycles. The van der Waals surface area contributed by atoms with Crippen LogP contribution in [-0.2, 0) is 11.3 Å². The van der Waals surface area contributed by atoms with Crippen LogP contribution in [0.4, 0.5) is 13.2 Å². The van der Waals surface area contributed by atoms with Crippen molar-refractivity contribution in [2.24, 2.45) is 16.7 Å². The molecule has 1 saturated heterocycles. The van der Waals surface area contributed by atoms with Crippen molar-refractivity contribution in [3.05, 3.63) is 29.2 Å². The largest absolute Gasteiger partial charge is 0.481 e. The first-order valence-electron chi connectivity index (χ1n) is 10.9. The summed E-state index contributed by atoms with van der Waals surface area (Å²) in [7, 11) is 0. The van der Waals surface area contributed by atoms with E-state index in [1.165, 1.54) is 11.3 Å². The van der Waals surface area contributed by atoms with Gasteiger partial charge in [-0.15, -0.1) is 11.3 Å². The van der Waals surface area contributed by atoms with Crippen molar-refractivity contribution in [1.82, 2.24) is 14.9 Å². The summed E-state index contributed by atoms with van der Waals surface area (Å²) >= 11 is 1.23. The van der Waals surface area contributed by atoms with Crippen molar-refractivity contribution < 1.29 is 27.8 Å². The normalized spacial score (nSPS) is 22.0. The molecule has 0 amide bonds. The lowest BCUT2D eigenvalue weighted by atomic mass is 9.65. The summed E-state index contributed by atoms with van der Waals surface area (Å²) in [6.07, 6.45) is 4.44. The Morgan fingerprint density at radius 2 is 2.09 bits per heavy atom. The number of aromatic nitrogens is 2. The number of carboxylic acid groups (broad SMARTS) is 1. The van der Waals surface area contributed by atoms with Gasteiger partial charge in [0.1, 0.15) is 10.8 Å². The molecular weight excluding hydrogens is 455 g/mol. The number of hydrogen-bond donors (Lipinski definition) is 1. The quantitative estimate of drug-likeness (QED) is 0.518. The smallest absolute Gasteiger partial charge is 0.388 e. The van der Waals surface area contributed by atoms with Gasteiger partial charge in [0, 0.05) is 30.7 Å². The fraction of sp³-hybridized carbons (Fsp3) is 0.609. The van der Waals surface area contributed by atoms with E-state index >= 15 is 0 Å². The fourth-order valence-electron chi connectivity index (χ4n) is 4.51. The van der Waals surface area contributed by atoms with E-state index in [2.05, 4.69) is 40.4 Å². The highest BCUT2D eigenvalue weighted by Crippen LogP contribution is 2.45. The minimum Gasteiger partial charge on any atom is -0.481 e. The van der Waals surface area contributed by atoms with Gasteiger partial charge in [-0.3, -0.25) is 9.69 Å². The van der Waals surface area contributed by atoms with Gasteiger partial charge < -0.3 is 9.84 Å². The molecule has 10 heteroatoms. The van der Waals surface area contributed by atoms with Crippen molar-refractivity contribution in [3.8, 4) is 16.5 Å². The van der Waals surface area contributed by atoms with Crippen LogP contribution in [0.3, 0.4) is 0 Å². The molecule has 2 aromatic rings. The van der Waals surface area contributed by atoms with Crippen LogP contribution in [0.15, 0.2) is 18.5 Å². The Labute approximate surface area is 195 Å². The minimum atomic E-state index is -3.09. The lowest BCUT2D eigenvalue weighted by Crippen LogP contribution is -2.53. The van der Waals surface area contributed by atoms with Crippen molar-refractivity contribution in [2.45, 2.75) is 60.1 Å². The molecule has 0 bridgehead atoms. The number of alkyl halides is 2. The van der Waals surface area contributed by atoms with Gasteiger partial charge in [0.2, 0.25) is 5.88 Å². The van der Waals surface area contributed by atoms with Gasteiger partial charge in [-0.05, 0) is 30.2 Å². The molecule has 33 heavy (non-hydrogen) atoms. The molecule has 3 rings (SSSR count). The molecule has 6 nitrogen and oxygen atoms in total. The maximum absolute atomic E-state index is 13.7. The molecule has 0 aliphatic carbocycles. The third-order valence-electron chi connectivity index (χ3n) is 6.23. The number of aliphatic carboxylic acids is 1. The topological polar surface area (TPSA) is 75.5 Å². The summed E-state index contributed by atoms with van der Waals surface area (Å²) in [6.45, 7) is 6.94. The standard InChI is InChI=1S/C23H30F3N3O3S/c1-5-6-23(20(30)31)8-14(22(2,3)4)11-29(13-23)12-16-10-28-19(33-16)17-7-15(24)9-27-18(17)32-21(25)26/h7,9-10,14,21H,5-6,8,11-13H2,1-4H3,(H,30,31)/t14-,23-/m1/s1. The van der Waals surface area contributed by atoms with E-state index in [-0.39, 0.29) is 22.8 Å². The number of hydrogen-bond acceptors (Lipinski definition) is 6. The monoisotopic (exact) mass is 485 g/mol. The van der Waals surface area contributed by atoms with Gasteiger partial charge in [0.25, 0.3) is 0 Å².